The summed E-state index contributed by atoms with van der Waals surface area (Å²) >= 11 is 0. The Kier molecular flexibility index (Phi) is 8.58. The summed E-state index contributed by atoms with van der Waals surface area (Å²) in [4.78, 5) is 25.9. The molecule has 1 amide bonds. The van der Waals surface area contributed by atoms with E-state index in [2.05, 4.69) is 39.2 Å². The molecule has 0 fully saturated rings. The van der Waals surface area contributed by atoms with Gasteiger partial charge in [0.2, 0.25) is 8.32 Å². The fourth-order valence-corrected chi connectivity index (χ4v) is 4.02. The number of amides is 1. The van der Waals surface area contributed by atoms with E-state index in [4.69, 9.17) is 13.9 Å². The molecule has 0 spiro atoms. The van der Waals surface area contributed by atoms with Gasteiger partial charge in [0, 0.05) is 12.0 Å². The van der Waals surface area contributed by atoms with Gasteiger partial charge in [0.05, 0.1) is 13.2 Å². The molecule has 0 aliphatic carbocycles. The average molecular weight is 486 g/mol. The van der Waals surface area contributed by atoms with Crippen LogP contribution in [0.4, 0.5) is 4.79 Å². The summed E-state index contributed by atoms with van der Waals surface area (Å²) < 4.78 is 16.9. The van der Waals surface area contributed by atoms with Crippen LogP contribution in [0.2, 0.25) is 18.1 Å². The van der Waals surface area contributed by atoms with E-state index in [0.29, 0.717) is 12.0 Å². The largest absolute Gasteiger partial charge is 0.544 e. The van der Waals surface area contributed by atoms with Crippen LogP contribution in [-0.2, 0) is 11.2 Å². The average Bonchev–Trinajstić information content (AvgIpc) is 2.71. The van der Waals surface area contributed by atoms with E-state index in [9.17, 15) is 9.59 Å². The topological polar surface area (TPSA) is 73.9 Å². The lowest BCUT2D eigenvalue weighted by molar-refractivity contribution is 0.0491. The van der Waals surface area contributed by atoms with E-state index < -0.39 is 26.1 Å². The highest BCUT2D eigenvalue weighted by atomic mass is 28.4. The number of benzene rings is 2. The standard InChI is InChI=1S/C27H39NO5Si/c1-26(2,3)32-25(30)28-23(18-19-10-14-21(31-7)15-11-19)24(29)20-12-16-22(17-13-20)33-34(8,9)27(4,5)6/h10-17,23H,18H2,1-9H3,(H,28,30)/t23-/m0/s1. The van der Waals surface area contributed by atoms with Crippen molar-refractivity contribution >= 4 is 20.2 Å². The van der Waals surface area contributed by atoms with Gasteiger partial charge in [-0.25, -0.2) is 4.79 Å². The molecular formula is C27H39NO5Si. The number of carbonyl (C=O) groups excluding carboxylic acids is 2. The number of Topliss-reactive ketones (excluding diaryl/α,β-unsaturated/α-hetero) is 1. The Balaban J connectivity index is 2.24. The van der Waals surface area contributed by atoms with Gasteiger partial charge in [0.15, 0.2) is 5.78 Å². The highest BCUT2D eigenvalue weighted by Gasteiger charge is 2.39. The van der Waals surface area contributed by atoms with Gasteiger partial charge < -0.3 is 19.2 Å². The molecule has 2 rings (SSSR count). The van der Waals surface area contributed by atoms with E-state index >= 15 is 0 Å². The minimum absolute atomic E-state index is 0.0717. The zero-order chi connectivity index (χ0) is 25.7. The third kappa shape index (κ3) is 7.90. The van der Waals surface area contributed by atoms with Crippen LogP contribution < -0.4 is 14.5 Å². The number of hydrogen-bond acceptors (Lipinski definition) is 5. The van der Waals surface area contributed by atoms with E-state index in [1.54, 1.807) is 40.0 Å². The first-order chi connectivity index (χ1) is 15.6. The molecule has 0 saturated carbocycles. The number of nitrogens with one attached hydrogen (secondary N) is 1. The number of carbonyl (C=O) groups is 2. The van der Waals surface area contributed by atoms with Crippen molar-refractivity contribution in [2.75, 3.05) is 7.11 Å². The summed E-state index contributed by atoms with van der Waals surface area (Å²) in [5.41, 5.74) is 0.728. The maximum atomic E-state index is 13.4. The van der Waals surface area contributed by atoms with Crippen LogP contribution in [0.25, 0.3) is 0 Å². The summed E-state index contributed by atoms with van der Waals surface area (Å²) in [6, 6.07) is 13.8. The molecule has 7 heteroatoms. The lowest BCUT2D eigenvalue weighted by Gasteiger charge is -2.36. The predicted molar refractivity (Wildman–Crippen MR) is 138 cm³/mol. The molecule has 1 atom stereocenters. The summed E-state index contributed by atoms with van der Waals surface area (Å²) in [6.45, 7) is 16.3. The lowest BCUT2D eigenvalue weighted by Crippen LogP contribution is -2.45. The number of ketones is 1. The van der Waals surface area contributed by atoms with Crippen molar-refractivity contribution < 1.29 is 23.5 Å². The van der Waals surface area contributed by atoms with E-state index in [1.165, 1.54) is 0 Å². The molecule has 0 aliphatic heterocycles. The number of methoxy groups -OCH3 is 1. The van der Waals surface area contributed by atoms with Crippen LogP contribution in [0, 0.1) is 0 Å². The number of ether oxygens (including phenoxy) is 2. The first-order valence-corrected chi connectivity index (χ1v) is 14.5. The minimum atomic E-state index is -1.98. The summed E-state index contributed by atoms with van der Waals surface area (Å²) in [7, 11) is -0.383. The zero-order valence-electron chi connectivity index (χ0n) is 21.9. The second-order valence-corrected chi connectivity index (χ2v) is 15.7. The highest BCUT2D eigenvalue weighted by Crippen LogP contribution is 2.37. The Hall–Kier alpha value is -2.80. The molecule has 2 aromatic rings. The molecule has 0 radical (unpaired) electrons. The fourth-order valence-electron chi connectivity index (χ4n) is 2.99. The molecule has 0 saturated heterocycles. The normalized spacial score (nSPS) is 13.1. The molecule has 0 aliphatic rings. The molecule has 34 heavy (non-hydrogen) atoms. The fraction of sp³-hybridized carbons (Fsp3) is 0.481. The van der Waals surface area contributed by atoms with Crippen molar-refractivity contribution in [2.45, 2.75) is 77.7 Å². The summed E-state index contributed by atoms with van der Waals surface area (Å²) in [5, 5.41) is 2.83. The highest BCUT2D eigenvalue weighted by molar-refractivity contribution is 6.74. The first-order valence-electron chi connectivity index (χ1n) is 11.6. The van der Waals surface area contributed by atoms with Crippen LogP contribution in [0.3, 0.4) is 0 Å². The minimum Gasteiger partial charge on any atom is -0.544 e. The van der Waals surface area contributed by atoms with Crippen molar-refractivity contribution in [3.8, 4) is 11.5 Å². The maximum absolute atomic E-state index is 13.4. The summed E-state index contributed by atoms with van der Waals surface area (Å²) in [6.07, 6.45) is -0.304. The van der Waals surface area contributed by atoms with E-state index in [1.807, 2.05) is 36.4 Å². The van der Waals surface area contributed by atoms with Gasteiger partial charge in [0.1, 0.15) is 17.1 Å². The van der Waals surface area contributed by atoms with Crippen LogP contribution in [-0.4, -0.2) is 38.9 Å². The quantitative estimate of drug-likeness (QED) is 0.346. The molecule has 0 unspecified atom stereocenters. The van der Waals surface area contributed by atoms with E-state index in [0.717, 1.165) is 17.1 Å². The molecular weight excluding hydrogens is 446 g/mol. The van der Waals surface area contributed by atoms with Crippen LogP contribution in [0.5, 0.6) is 11.5 Å². The molecule has 0 aromatic heterocycles. The number of alkyl carbamates (subject to hydrolysis) is 1. The second kappa shape index (κ2) is 10.6. The Morgan fingerprint density at radius 1 is 0.882 bits per heavy atom. The van der Waals surface area contributed by atoms with Gasteiger partial charge in [-0.2, -0.15) is 0 Å². The number of rotatable bonds is 8. The third-order valence-electron chi connectivity index (χ3n) is 5.92. The van der Waals surface area contributed by atoms with Gasteiger partial charge >= 0.3 is 6.09 Å². The number of hydrogen-bond donors (Lipinski definition) is 1. The zero-order valence-corrected chi connectivity index (χ0v) is 22.9. The monoisotopic (exact) mass is 485 g/mol. The molecule has 0 bridgehead atoms. The van der Waals surface area contributed by atoms with Crippen molar-refractivity contribution in [1.29, 1.82) is 0 Å². The van der Waals surface area contributed by atoms with Crippen LogP contribution in [0.15, 0.2) is 48.5 Å². The Morgan fingerprint density at radius 3 is 1.88 bits per heavy atom. The maximum Gasteiger partial charge on any atom is 0.408 e. The summed E-state index contributed by atoms with van der Waals surface area (Å²) in [5.74, 6) is 1.28. The molecule has 6 nitrogen and oxygen atoms in total. The lowest BCUT2D eigenvalue weighted by atomic mass is 9.97. The van der Waals surface area contributed by atoms with Crippen LogP contribution in [0.1, 0.15) is 57.5 Å². The molecule has 186 valence electrons. The van der Waals surface area contributed by atoms with E-state index in [-0.39, 0.29) is 10.8 Å². The van der Waals surface area contributed by atoms with Gasteiger partial charge in [-0.15, -0.1) is 0 Å². The SMILES string of the molecule is COc1ccc(C[C@H](NC(=O)OC(C)(C)C)C(=O)c2ccc(O[Si](C)(C)C(C)(C)C)cc2)cc1. The molecule has 2 aromatic carbocycles. The Labute approximate surface area is 205 Å². The Bertz CT molecular complexity index is 970. The van der Waals surface area contributed by atoms with Gasteiger partial charge in [-0.1, -0.05) is 32.9 Å². The molecule has 0 heterocycles. The van der Waals surface area contributed by atoms with Crippen molar-refractivity contribution in [2.24, 2.45) is 0 Å². The third-order valence-corrected chi connectivity index (χ3v) is 10.3. The smallest absolute Gasteiger partial charge is 0.408 e. The van der Waals surface area contributed by atoms with Crippen LogP contribution >= 0.6 is 0 Å². The predicted octanol–water partition coefficient (Wildman–Crippen LogP) is 6.40. The van der Waals surface area contributed by atoms with Gasteiger partial charge in [-0.3, -0.25) is 4.79 Å². The van der Waals surface area contributed by atoms with Gasteiger partial charge in [-0.05, 0) is 80.9 Å². The van der Waals surface area contributed by atoms with Crippen molar-refractivity contribution in [3.63, 3.8) is 0 Å². The molecule has 1 N–H and O–H groups in total. The Morgan fingerprint density at radius 2 is 1.41 bits per heavy atom. The second-order valence-electron chi connectivity index (χ2n) is 11.0. The van der Waals surface area contributed by atoms with Crippen molar-refractivity contribution in [3.05, 3.63) is 59.7 Å². The van der Waals surface area contributed by atoms with Gasteiger partial charge in [0.25, 0.3) is 0 Å². The first kappa shape index (κ1) is 27.4. The van der Waals surface area contributed by atoms with Crippen molar-refractivity contribution in [1.82, 2.24) is 5.32 Å².